The summed E-state index contributed by atoms with van der Waals surface area (Å²) in [5.74, 6) is 1.32. The number of nitriles is 1. The van der Waals surface area contributed by atoms with E-state index in [9.17, 15) is 5.26 Å². The Labute approximate surface area is 148 Å². The molecule has 0 fully saturated rings. The second-order valence-electron chi connectivity index (χ2n) is 5.99. The van der Waals surface area contributed by atoms with Gasteiger partial charge in [-0.15, -0.1) is 0 Å². The highest BCUT2D eigenvalue weighted by molar-refractivity contribution is 5.84. The first kappa shape index (κ1) is 16.8. The van der Waals surface area contributed by atoms with Gasteiger partial charge in [-0.2, -0.15) is 10.4 Å². The first-order valence-corrected chi connectivity index (χ1v) is 8.16. The van der Waals surface area contributed by atoms with E-state index in [0.717, 1.165) is 23.3 Å². The lowest BCUT2D eigenvalue weighted by Gasteiger charge is -2.29. The minimum Gasteiger partial charge on any atom is -0.497 e. The Kier molecular flexibility index (Phi) is 4.90. The highest BCUT2D eigenvalue weighted by Gasteiger charge is 2.34. The van der Waals surface area contributed by atoms with Crippen molar-refractivity contribution in [3.63, 3.8) is 0 Å². The molecule has 2 aromatic rings. The SMILES string of the molecule is COc1ccc([C@@H](C#N)N2N=C(C)C[C@@H]2c2ccccc2)c(OC)c1. The third-order valence-electron chi connectivity index (χ3n) is 4.40. The number of hydrazone groups is 1. The van der Waals surface area contributed by atoms with Crippen LogP contribution in [0.3, 0.4) is 0 Å². The molecule has 2 aromatic carbocycles. The number of rotatable bonds is 5. The number of hydrogen-bond acceptors (Lipinski definition) is 5. The molecule has 5 nitrogen and oxygen atoms in total. The topological polar surface area (TPSA) is 57.8 Å². The third-order valence-corrected chi connectivity index (χ3v) is 4.40. The van der Waals surface area contributed by atoms with E-state index >= 15 is 0 Å². The van der Waals surface area contributed by atoms with Crippen molar-refractivity contribution in [2.45, 2.75) is 25.4 Å². The second kappa shape index (κ2) is 7.27. The van der Waals surface area contributed by atoms with E-state index in [-0.39, 0.29) is 6.04 Å². The van der Waals surface area contributed by atoms with E-state index < -0.39 is 6.04 Å². The molecule has 1 aliphatic rings. The first-order valence-electron chi connectivity index (χ1n) is 8.16. The Balaban J connectivity index is 2.01. The van der Waals surface area contributed by atoms with Crippen LogP contribution in [0.1, 0.15) is 36.6 Å². The fourth-order valence-electron chi connectivity index (χ4n) is 3.18. The summed E-state index contributed by atoms with van der Waals surface area (Å²) in [6.07, 6.45) is 0.806. The van der Waals surface area contributed by atoms with Crippen LogP contribution in [0.2, 0.25) is 0 Å². The van der Waals surface area contributed by atoms with Gasteiger partial charge in [-0.3, -0.25) is 5.01 Å². The summed E-state index contributed by atoms with van der Waals surface area (Å²) >= 11 is 0. The summed E-state index contributed by atoms with van der Waals surface area (Å²) < 4.78 is 10.7. The molecule has 25 heavy (non-hydrogen) atoms. The minimum atomic E-state index is -0.538. The third kappa shape index (κ3) is 3.29. The van der Waals surface area contributed by atoms with Crippen molar-refractivity contribution in [2.75, 3.05) is 14.2 Å². The molecule has 0 spiro atoms. The number of nitrogens with zero attached hydrogens (tertiary/aromatic N) is 3. The van der Waals surface area contributed by atoms with Gasteiger partial charge in [0, 0.05) is 23.8 Å². The molecule has 1 heterocycles. The van der Waals surface area contributed by atoms with Crippen LogP contribution >= 0.6 is 0 Å². The summed E-state index contributed by atoms with van der Waals surface area (Å²) in [6.45, 7) is 2.00. The molecule has 0 saturated carbocycles. The summed E-state index contributed by atoms with van der Waals surface area (Å²) in [5.41, 5.74) is 2.95. The molecule has 5 heteroatoms. The summed E-state index contributed by atoms with van der Waals surface area (Å²) in [7, 11) is 3.20. The van der Waals surface area contributed by atoms with Crippen molar-refractivity contribution in [3.8, 4) is 17.6 Å². The second-order valence-corrected chi connectivity index (χ2v) is 5.99. The Bertz CT molecular complexity index is 811. The highest BCUT2D eigenvalue weighted by atomic mass is 16.5. The van der Waals surface area contributed by atoms with Gasteiger partial charge >= 0.3 is 0 Å². The van der Waals surface area contributed by atoms with E-state index in [2.05, 4.69) is 23.3 Å². The molecule has 0 aromatic heterocycles. The predicted octanol–water partition coefficient (Wildman–Crippen LogP) is 4.09. The maximum absolute atomic E-state index is 9.89. The first-order chi connectivity index (χ1) is 12.2. The van der Waals surface area contributed by atoms with Crippen molar-refractivity contribution < 1.29 is 9.47 Å². The summed E-state index contributed by atoms with van der Waals surface area (Å²) in [5, 5.41) is 16.4. The van der Waals surface area contributed by atoms with Gasteiger partial charge in [0.1, 0.15) is 11.5 Å². The maximum Gasteiger partial charge on any atom is 0.162 e. The monoisotopic (exact) mass is 335 g/mol. The number of ether oxygens (including phenoxy) is 2. The van der Waals surface area contributed by atoms with Gasteiger partial charge in [0.15, 0.2) is 6.04 Å². The normalized spacial score (nSPS) is 17.6. The molecule has 3 rings (SSSR count). The predicted molar refractivity (Wildman–Crippen MR) is 96.6 cm³/mol. The van der Waals surface area contributed by atoms with E-state index in [0.29, 0.717) is 11.5 Å². The van der Waals surface area contributed by atoms with E-state index in [4.69, 9.17) is 9.47 Å². The Morgan fingerprint density at radius 3 is 2.56 bits per heavy atom. The molecular formula is C20H21N3O2. The van der Waals surface area contributed by atoms with Crippen molar-refractivity contribution in [2.24, 2.45) is 5.10 Å². The van der Waals surface area contributed by atoms with Crippen LogP contribution in [-0.2, 0) is 0 Å². The number of methoxy groups -OCH3 is 2. The van der Waals surface area contributed by atoms with Gasteiger partial charge in [-0.05, 0) is 24.6 Å². The fourth-order valence-corrected chi connectivity index (χ4v) is 3.18. The van der Waals surface area contributed by atoms with Crippen molar-refractivity contribution >= 4 is 5.71 Å². The highest BCUT2D eigenvalue weighted by Crippen LogP contribution is 2.40. The largest absolute Gasteiger partial charge is 0.497 e. The Morgan fingerprint density at radius 2 is 1.92 bits per heavy atom. The summed E-state index contributed by atoms with van der Waals surface area (Å²) in [4.78, 5) is 0. The summed E-state index contributed by atoms with van der Waals surface area (Å²) in [6, 6.07) is 17.6. The smallest absolute Gasteiger partial charge is 0.162 e. The lowest BCUT2D eigenvalue weighted by Crippen LogP contribution is -2.24. The van der Waals surface area contributed by atoms with Crippen LogP contribution in [-0.4, -0.2) is 24.9 Å². The molecular weight excluding hydrogens is 314 g/mol. The zero-order chi connectivity index (χ0) is 17.8. The van der Waals surface area contributed by atoms with E-state index in [1.807, 2.05) is 42.3 Å². The standard InChI is InChI=1S/C20H21N3O2/c1-14-11-18(15-7-5-4-6-8-15)23(22-14)19(13-21)17-10-9-16(24-2)12-20(17)25-3/h4-10,12,18-19H,11H2,1-3H3/t18-,19-/m1/s1. The molecule has 128 valence electrons. The number of hydrogen-bond donors (Lipinski definition) is 0. The van der Waals surface area contributed by atoms with Crippen LogP contribution in [0.4, 0.5) is 0 Å². The molecule has 0 radical (unpaired) electrons. The van der Waals surface area contributed by atoms with Crippen LogP contribution in [0.15, 0.2) is 53.6 Å². The number of benzene rings is 2. The molecule has 2 atom stereocenters. The van der Waals surface area contributed by atoms with Gasteiger partial charge in [-0.1, -0.05) is 30.3 Å². The van der Waals surface area contributed by atoms with Crippen molar-refractivity contribution in [1.82, 2.24) is 5.01 Å². The zero-order valence-electron chi connectivity index (χ0n) is 14.6. The molecule has 0 saturated heterocycles. The maximum atomic E-state index is 9.89. The average molecular weight is 335 g/mol. The van der Waals surface area contributed by atoms with Gasteiger partial charge in [0.05, 0.1) is 26.3 Å². The molecule has 0 amide bonds. The van der Waals surface area contributed by atoms with E-state index in [1.54, 1.807) is 20.3 Å². The Morgan fingerprint density at radius 1 is 1.16 bits per heavy atom. The minimum absolute atomic E-state index is 0.0395. The molecule has 0 bridgehead atoms. The van der Waals surface area contributed by atoms with E-state index in [1.165, 1.54) is 0 Å². The van der Waals surface area contributed by atoms with Gasteiger partial charge in [-0.25, -0.2) is 0 Å². The molecule has 0 aliphatic carbocycles. The molecule has 1 aliphatic heterocycles. The van der Waals surface area contributed by atoms with Crippen molar-refractivity contribution in [3.05, 3.63) is 59.7 Å². The van der Waals surface area contributed by atoms with Crippen LogP contribution in [0, 0.1) is 11.3 Å². The quantitative estimate of drug-likeness (QED) is 0.826. The van der Waals surface area contributed by atoms with Crippen molar-refractivity contribution in [1.29, 1.82) is 5.26 Å². The lowest BCUT2D eigenvalue weighted by molar-refractivity contribution is 0.193. The van der Waals surface area contributed by atoms with Gasteiger partial charge < -0.3 is 9.47 Å². The molecule has 0 N–H and O–H groups in total. The molecule has 0 unspecified atom stereocenters. The van der Waals surface area contributed by atoms with Crippen LogP contribution < -0.4 is 9.47 Å². The fraction of sp³-hybridized carbons (Fsp3) is 0.300. The van der Waals surface area contributed by atoms with Crippen LogP contribution in [0.5, 0.6) is 11.5 Å². The van der Waals surface area contributed by atoms with Gasteiger partial charge in [0.25, 0.3) is 0 Å². The lowest BCUT2D eigenvalue weighted by atomic mass is 9.99. The van der Waals surface area contributed by atoms with Crippen LogP contribution in [0.25, 0.3) is 0 Å². The Hall–Kier alpha value is -3.00. The van der Waals surface area contributed by atoms with Gasteiger partial charge in [0.2, 0.25) is 0 Å². The zero-order valence-corrected chi connectivity index (χ0v) is 14.6. The average Bonchev–Trinajstić information content (AvgIpc) is 3.04.